The summed E-state index contributed by atoms with van der Waals surface area (Å²) in [5.74, 6) is 0. The van der Waals surface area contributed by atoms with Crippen LogP contribution in [0.3, 0.4) is 0 Å². The topological polar surface area (TPSA) is 0 Å². The monoisotopic (exact) mass is 848 g/mol. The third-order valence-corrected chi connectivity index (χ3v) is 30.0. The van der Waals surface area contributed by atoms with Crippen LogP contribution in [0, 0.1) is 20.8 Å². The number of fused-ring (bicyclic) bond motifs is 2. The molecule has 282 valence electrons. The van der Waals surface area contributed by atoms with E-state index in [4.69, 9.17) is 0 Å². The molecule has 0 spiro atoms. The van der Waals surface area contributed by atoms with Crippen molar-refractivity contribution < 1.29 is 17.4 Å². The van der Waals surface area contributed by atoms with Crippen LogP contribution in [-0.2, 0) is 28.2 Å². The van der Waals surface area contributed by atoms with Crippen LogP contribution >= 0.6 is 24.8 Å². The Morgan fingerprint density at radius 3 is 1.50 bits per heavy atom. The Hall–Kier alpha value is -2.74. The number of benzene rings is 5. The van der Waals surface area contributed by atoms with Crippen LogP contribution in [0.1, 0.15) is 111 Å². The summed E-state index contributed by atoms with van der Waals surface area (Å²) in [7, 11) is 0. The van der Waals surface area contributed by atoms with Crippen molar-refractivity contribution in [3.05, 3.63) is 158 Å². The second kappa shape index (κ2) is 14.6. The summed E-state index contributed by atoms with van der Waals surface area (Å²) in [5.41, 5.74) is 23.1. The van der Waals surface area contributed by atoms with Gasteiger partial charge < -0.3 is 0 Å². The molecule has 0 heterocycles. The summed E-state index contributed by atoms with van der Waals surface area (Å²) >= 11 is -3.93. The molecule has 0 aromatic heterocycles. The van der Waals surface area contributed by atoms with E-state index in [0.717, 1.165) is 0 Å². The fourth-order valence-corrected chi connectivity index (χ4v) is 29.8. The molecule has 0 bridgehead atoms. The molecule has 0 N–H and O–H groups in total. The summed E-state index contributed by atoms with van der Waals surface area (Å²) in [6, 6.07) is 37.6. The number of hydrogen-bond donors (Lipinski definition) is 0. The zero-order valence-corrected chi connectivity index (χ0v) is 40.1. The number of halogens is 2. The Morgan fingerprint density at radius 1 is 0.519 bits per heavy atom. The van der Waals surface area contributed by atoms with Gasteiger partial charge in [0, 0.05) is 0 Å². The normalized spacial score (nSPS) is 16.8. The van der Waals surface area contributed by atoms with Crippen molar-refractivity contribution in [2.75, 3.05) is 0 Å². The van der Waals surface area contributed by atoms with Gasteiger partial charge in [0.1, 0.15) is 0 Å². The summed E-state index contributed by atoms with van der Waals surface area (Å²) < 4.78 is 6.40. The summed E-state index contributed by atoms with van der Waals surface area (Å²) in [4.78, 5) is 0. The minimum atomic E-state index is -3.93. The third kappa shape index (κ3) is 7.20. The van der Waals surface area contributed by atoms with Gasteiger partial charge in [-0.2, -0.15) is 0 Å². The Balaban J connectivity index is 0.00000280. The van der Waals surface area contributed by atoms with E-state index in [1.807, 2.05) is 0 Å². The average Bonchev–Trinajstić information content (AvgIpc) is 3.64. The van der Waals surface area contributed by atoms with Crippen LogP contribution in [0.4, 0.5) is 0 Å². The standard InChI is InChI=1S/C27H27.C21H23.2CH3.2ClH.H2Si.Zr/c1-18-8-6-9-19(2)26(18)22-16-21-10-7-11-24(25(21)17-22)20-12-14-23(15-13-20)27(3,4)5;1-14-12-19-15(2)6-11-18(20(19)13-14)16-7-9-17(10-8-16)21(3,4)5;;;;;;/h6-17H,1-5H3;6-13H,1-5H3;2*1H3;2*1H;1H2;. The van der Waals surface area contributed by atoms with Crippen LogP contribution in [0.5, 0.6) is 0 Å². The van der Waals surface area contributed by atoms with E-state index in [-0.39, 0.29) is 35.6 Å². The van der Waals surface area contributed by atoms with E-state index in [2.05, 4.69) is 195 Å². The van der Waals surface area contributed by atoms with Crippen LogP contribution in [-0.4, -0.2) is 6.88 Å². The van der Waals surface area contributed by atoms with Gasteiger partial charge in [-0.05, 0) is 0 Å². The van der Waals surface area contributed by atoms with Gasteiger partial charge in [-0.3, -0.25) is 0 Å². The van der Waals surface area contributed by atoms with Crippen molar-refractivity contribution in [3.63, 3.8) is 0 Å². The summed E-state index contributed by atoms with van der Waals surface area (Å²) in [6.45, 7) is 25.7. The van der Waals surface area contributed by atoms with Gasteiger partial charge in [-0.1, -0.05) is 0 Å². The second-order valence-electron chi connectivity index (χ2n) is 19.3. The molecule has 4 heteroatoms. The van der Waals surface area contributed by atoms with Crippen LogP contribution in [0.2, 0.25) is 9.26 Å². The van der Waals surface area contributed by atoms with E-state index in [1.54, 1.807) is 16.7 Å². The molecular weight excluding hydrogens is 791 g/mol. The third-order valence-electron chi connectivity index (χ3n) is 12.5. The minimum absolute atomic E-state index is 0. The molecule has 2 aliphatic carbocycles. The quantitative estimate of drug-likeness (QED) is 0.155. The molecule has 0 radical (unpaired) electrons. The fourth-order valence-electron chi connectivity index (χ4n) is 9.92. The van der Waals surface area contributed by atoms with E-state index < -0.39 is 17.4 Å². The first-order valence-electron chi connectivity index (χ1n) is 19.3. The van der Waals surface area contributed by atoms with E-state index in [0.29, 0.717) is 7.25 Å². The molecule has 5 aromatic rings. The van der Waals surface area contributed by atoms with Crippen LogP contribution < -0.4 is 0 Å². The molecule has 0 fully saturated rings. The molecule has 0 aliphatic heterocycles. The van der Waals surface area contributed by atoms with Crippen molar-refractivity contribution in [1.29, 1.82) is 0 Å². The predicted octanol–water partition coefficient (Wildman–Crippen LogP) is 14.5. The molecule has 2 unspecified atom stereocenters. The maximum atomic E-state index is 2.78. The molecule has 54 heavy (non-hydrogen) atoms. The Labute approximate surface area is 341 Å². The first-order valence-corrected chi connectivity index (χ1v) is 33.0. The van der Waals surface area contributed by atoms with Crippen molar-refractivity contribution in [2.45, 2.75) is 96.6 Å². The molecule has 5 aromatic carbocycles. The van der Waals surface area contributed by atoms with Crippen LogP contribution in [0.15, 0.2) is 103 Å². The number of aryl methyl sites for hydroxylation is 3. The van der Waals surface area contributed by atoms with Gasteiger partial charge >= 0.3 is 319 Å². The summed E-state index contributed by atoms with van der Waals surface area (Å²) in [6.07, 6.45) is 5.19. The van der Waals surface area contributed by atoms with Gasteiger partial charge in [-0.15, -0.1) is 24.8 Å². The predicted molar refractivity (Wildman–Crippen MR) is 244 cm³/mol. The van der Waals surface area contributed by atoms with E-state index in [1.165, 1.54) is 72.3 Å². The maximum absolute atomic E-state index is 3.93. The van der Waals surface area contributed by atoms with Crippen molar-refractivity contribution in [1.82, 2.24) is 0 Å². The van der Waals surface area contributed by atoms with Crippen molar-refractivity contribution in [2.24, 2.45) is 0 Å². The zero-order valence-electron chi connectivity index (χ0n) is 34.6. The van der Waals surface area contributed by atoms with Crippen molar-refractivity contribution >= 4 is 49.4 Å². The van der Waals surface area contributed by atoms with Gasteiger partial charge in [-0.25, -0.2) is 0 Å². The number of rotatable bonds is 5. The fraction of sp³-hybridized carbons (Fsp3) is 0.320. The van der Waals surface area contributed by atoms with Gasteiger partial charge in [0.2, 0.25) is 0 Å². The van der Waals surface area contributed by atoms with Gasteiger partial charge in [0.05, 0.1) is 0 Å². The first kappa shape index (κ1) is 42.4. The maximum Gasteiger partial charge on any atom is -0.147 e. The van der Waals surface area contributed by atoms with Crippen LogP contribution in [0.25, 0.3) is 40.0 Å². The molecule has 7 rings (SSSR count). The molecule has 0 amide bonds. The molecule has 0 saturated heterocycles. The Kier molecular flexibility index (Phi) is 11.5. The molecule has 2 atom stereocenters. The summed E-state index contributed by atoms with van der Waals surface area (Å²) in [5, 5.41) is 0. The largest absolute Gasteiger partial charge is 0.147 e. The Morgan fingerprint density at radius 2 is 1.00 bits per heavy atom. The Bertz CT molecular complexity index is 2350. The van der Waals surface area contributed by atoms with E-state index in [9.17, 15) is 0 Å². The molecular formula is C50H60Cl2SiZr. The van der Waals surface area contributed by atoms with Crippen molar-refractivity contribution in [3.8, 4) is 22.3 Å². The average molecular weight is 851 g/mol. The SMILES string of the molecule is CC1=Cc2c(-c3ccc(C(C)(C)C)cc3)ccc(C)c2[CH]1[Zr]([CH3])([CH3])(=[SiH2])[CH]1C(c2c(C)cccc2C)=Cc2c(-c3ccc(C(C)(C)C)cc3)cccc21.Cl.Cl. The molecule has 2 aliphatic rings. The van der Waals surface area contributed by atoms with Gasteiger partial charge in [0.25, 0.3) is 0 Å². The van der Waals surface area contributed by atoms with E-state index >= 15 is 0 Å². The van der Waals surface area contributed by atoms with Gasteiger partial charge in [0.15, 0.2) is 0 Å². The number of allylic oxidation sites excluding steroid dienone is 2. The number of hydrogen-bond acceptors (Lipinski definition) is 0. The first-order chi connectivity index (χ1) is 24.3. The smallest absolute Gasteiger partial charge is 0.147 e. The molecule has 0 nitrogen and oxygen atoms in total. The molecule has 0 saturated carbocycles. The zero-order chi connectivity index (χ0) is 37.6. The minimum Gasteiger partial charge on any atom is -0.147 e. The second-order valence-corrected chi connectivity index (χ2v) is 49.8.